The van der Waals surface area contributed by atoms with Gasteiger partial charge in [0.25, 0.3) is 5.91 Å². The largest absolute Gasteiger partial charge is 0.452 e. The van der Waals surface area contributed by atoms with Crippen molar-refractivity contribution in [2.24, 2.45) is 5.92 Å². The summed E-state index contributed by atoms with van der Waals surface area (Å²) < 4.78 is 30.3. The van der Waals surface area contributed by atoms with E-state index in [1.165, 1.54) is 11.2 Å². The zero-order valence-electron chi connectivity index (χ0n) is 14.8. The number of piperidine rings is 1. The number of anilines is 1. The number of benzene rings is 1. The molecule has 1 unspecified atom stereocenters. The summed E-state index contributed by atoms with van der Waals surface area (Å²) in [6.45, 7) is 3.65. The van der Waals surface area contributed by atoms with E-state index in [4.69, 9.17) is 16.3 Å². The second kappa shape index (κ2) is 8.83. The predicted octanol–water partition coefficient (Wildman–Crippen LogP) is 2.27. The van der Waals surface area contributed by atoms with Crippen molar-refractivity contribution in [2.45, 2.75) is 32.8 Å². The first-order valence-corrected chi connectivity index (χ1v) is 10.5. The maximum atomic E-state index is 12.3. The highest BCUT2D eigenvalue weighted by atomic mass is 35.5. The molecule has 1 saturated heterocycles. The van der Waals surface area contributed by atoms with Crippen LogP contribution in [0.2, 0.25) is 5.02 Å². The third kappa shape index (κ3) is 5.18. The summed E-state index contributed by atoms with van der Waals surface area (Å²) in [5.41, 5.74) is 0.445. The van der Waals surface area contributed by atoms with Gasteiger partial charge in [0.05, 0.1) is 22.4 Å². The SMILES string of the molecule is CCS(=O)(=O)N1CCC(C(=O)OC(C)C(=O)Nc2ccccc2Cl)CC1. The van der Waals surface area contributed by atoms with E-state index in [0.29, 0.717) is 23.6 Å². The van der Waals surface area contributed by atoms with Gasteiger partial charge in [-0.1, -0.05) is 23.7 Å². The summed E-state index contributed by atoms with van der Waals surface area (Å²) >= 11 is 5.99. The molecule has 1 N–H and O–H groups in total. The molecule has 1 aromatic rings. The second-order valence-electron chi connectivity index (χ2n) is 6.12. The first-order chi connectivity index (χ1) is 12.2. The van der Waals surface area contributed by atoms with Crippen LogP contribution in [-0.2, 0) is 24.3 Å². The Bertz CT molecular complexity index is 760. The molecule has 1 aliphatic rings. The Morgan fingerprint density at radius 2 is 1.92 bits per heavy atom. The van der Waals surface area contributed by atoms with E-state index < -0.39 is 33.9 Å². The van der Waals surface area contributed by atoms with E-state index in [-0.39, 0.29) is 18.8 Å². The van der Waals surface area contributed by atoms with Crippen LogP contribution in [-0.4, -0.2) is 49.5 Å². The molecule has 7 nitrogen and oxygen atoms in total. The van der Waals surface area contributed by atoms with Crippen LogP contribution in [0.1, 0.15) is 26.7 Å². The number of carbonyl (C=O) groups is 2. The number of ether oxygens (including phenoxy) is 1. The van der Waals surface area contributed by atoms with Crippen LogP contribution in [0.25, 0.3) is 0 Å². The fourth-order valence-corrected chi connectivity index (χ4v) is 3.99. The average Bonchev–Trinajstić information content (AvgIpc) is 2.63. The number of hydrogen-bond acceptors (Lipinski definition) is 5. The van der Waals surface area contributed by atoms with Crippen molar-refractivity contribution in [1.29, 1.82) is 0 Å². The highest BCUT2D eigenvalue weighted by Gasteiger charge is 2.32. The van der Waals surface area contributed by atoms with Crippen molar-refractivity contribution < 1.29 is 22.7 Å². The summed E-state index contributed by atoms with van der Waals surface area (Å²) in [6.07, 6.45) is -0.204. The molecule has 0 aliphatic carbocycles. The van der Waals surface area contributed by atoms with Crippen molar-refractivity contribution in [3.05, 3.63) is 29.3 Å². The molecule has 1 atom stereocenters. The highest BCUT2D eigenvalue weighted by Crippen LogP contribution is 2.23. The summed E-state index contributed by atoms with van der Waals surface area (Å²) in [5, 5.41) is 3.01. The lowest BCUT2D eigenvalue weighted by molar-refractivity contribution is -0.158. The van der Waals surface area contributed by atoms with Gasteiger partial charge in [0.2, 0.25) is 10.0 Å². The van der Waals surface area contributed by atoms with Crippen LogP contribution >= 0.6 is 11.6 Å². The standard InChI is InChI=1S/C17H23ClN2O5S/c1-3-26(23,24)20-10-8-13(9-11-20)17(22)25-12(2)16(21)19-15-7-5-4-6-14(15)18/h4-7,12-13H,3,8-11H2,1-2H3,(H,19,21). The monoisotopic (exact) mass is 402 g/mol. The van der Waals surface area contributed by atoms with Gasteiger partial charge in [-0.3, -0.25) is 9.59 Å². The Hall–Kier alpha value is -1.64. The van der Waals surface area contributed by atoms with Gasteiger partial charge in [-0.25, -0.2) is 12.7 Å². The fraction of sp³-hybridized carbons (Fsp3) is 0.529. The molecule has 1 fully saturated rings. The molecule has 9 heteroatoms. The minimum absolute atomic E-state index is 0.0430. The Balaban J connectivity index is 1.86. The van der Waals surface area contributed by atoms with Crippen molar-refractivity contribution >= 4 is 39.2 Å². The van der Waals surface area contributed by atoms with Gasteiger partial charge < -0.3 is 10.1 Å². The molecular formula is C17H23ClN2O5S. The number of esters is 1. The summed E-state index contributed by atoms with van der Waals surface area (Å²) in [7, 11) is -3.24. The van der Waals surface area contributed by atoms with Crippen molar-refractivity contribution in [2.75, 3.05) is 24.2 Å². The first-order valence-electron chi connectivity index (χ1n) is 8.48. The van der Waals surface area contributed by atoms with Crippen molar-refractivity contribution in [3.8, 4) is 0 Å². The number of hydrogen-bond donors (Lipinski definition) is 1. The molecule has 0 aromatic heterocycles. The lowest BCUT2D eigenvalue weighted by Gasteiger charge is -2.30. The number of halogens is 1. The Morgan fingerprint density at radius 3 is 2.50 bits per heavy atom. The number of rotatable bonds is 6. The molecule has 0 radical (unpaired) electrons. The maximum Gasteiger partial charge on any atom is 0.309 e. The molecule has 1 heterocycles. The van der Waals surface area contributed by atoms with E-state index in [1.807, 2.05) is 0 Å². The summed E-state index contributed by atoms with van der Waals surface area (Å²) in [5.74, 6) is -1.33. The number of amides is 1. The van der Waals surface area contributed by atoms with Gasteiger partial charge in [-0.05, 0) is 38.8 Å². The van der Waals surface area contributed by atoms with Crippen LogP contribution in [0, 0.1) is 5.92 Å². The quantitative estimate of drug-likeness (QED) is 0.737. The predicted molar refractivity (Wildman–Crippen MR) is 99.4 cm³/mol. The Labute approximate surface area is 158 Å². The van der Waals surface area contributed by atoms with E-state index in [9.17, 15) is 18.0 Å². The lowest BCUT2D eigenvalue weighted by Crippen LogP contribution is -2.42. The molecule has 0 saturated carbocycles. The minimum Gasteiger partial charge on any atom is -0.452 e. The molecule has 1 aromatic carbocycles. The summed E-state index contributed by atoms with van der Waals surface area (Å²) in [4.78, 5) is 24.4. The minimum atomic E-state index is -3.24. The van der Waals surface area contributed by atoms with Crippen LogP contribution in [0.3, 0.4) is 0 Å². The summed E-state index contributed by atoms with van der Waals surface area (Å²) in [6, 6.07) is 6.77. The molecule has 1 aliphatic heterocycles. The van der Waals surface area contributed by atoms with Crippen LogP contribution < -0.4 is 5.32 Å². The van der Waals surface area contributed by atoms with Gasteiger partial charge in [0, 0.05) is 13.1 Å². The normalized spacial score (nSPS) is 17.5. The highest BCUT2D eigenvalue weighted by molar-refractivity contribution is 7.89. The number of para-hydroxylation sites is 1. The topological polar surface area (TPSA) is 92.8 Å². The van der Waals surface area contributed by atoms with Gasteiger partial charge in [0.15, 0.2) is 6.10 Å². The molecule has 0 bridgehead atoms. The smallest absolute Gasteiger partial charge is 0.309 e. The van der Waals surface area contributed by atoms with E-state index in [0.717, 1.165) is 0 Å². The second-order valence-corrected chi connectivity index (χ2v) is 8.79. The number of carbonyl (C=O) groups excluding carboxylic acids is 2. The third-order valence-electron chi connectivity index (χ3n) is 4.34. The number of nitrogens with one attached hydrogen (secondary N) is 1. The zero-order valence-corrected chi connectivity index (χ0v) is 16.3. The van der Waals surface area contributed by atoms with Gasteiger partial charge in [-0.2, -0.15) is 0 Å². The fourth-order valence-electron chi connectivity index (χ4n) is 2.67. The van der Waals surface area contributed by atoms with Crippen LogP contribution in [0.4, 0.5) is 5.69 Å². The van der Waals surface area contributed by atoms with Gasteiger partial charge in [-0.15, -0.1) is 0 Å². The first kappa shape index (κ1) is 20.7. The number of sulfonamides is 1. The van der Waals surface area contributed by atoms with E-state index in [1.54, 1.807) is 31.2 Å². The third-order valence-corrected chi connectivity index (χ3v) is 6.55. The Kier molecular flexibility index (Phi) is 7.02. The van der Waals surface area contributed by atoms with Crippen molar-refractivity contribution in [1.82, 2.24) is 4.31 Å². The maximum absolute atomic E-state index is 12.3. The van der Waals surface area contributed by atoms with Crippen molar-refractivity contribution in [3.63, 3.8) is 0 Å². The molecular weight excluding hydrogens is 380 g/mol. The molecule has 144 valence electrons. The molecule has 26 heavy (non-hydrogen) atoms. The van der Waals surface area contributed by atoms with E-state index in [2.05, 4.69) is 5.32 Å². The lowest BCUT2D eigenvalue weighted by atomic mass is 9.98. The van der Waals surface area contributed by atoms with Gasteiger partial charge in [0.1, 0.15) is 0 Å². The van der Waals surface area contributed by atoms with Crippen LogP contribution in [0.15, 0.2) is 24.3 Å². The average molecular weight is 403 g/mol. The van der Waals surface area contributed by atoms with Crippen LogP contribution in [0.5, 0.6) is 0 Å². The number of nitrogens with zero attached hydrogens (tertiary/aromatic N) is 1. The molecule has 2 rings (SSSR count). The van der Waals surface area contributed by atoms with Gasteiger partial charge >= 0.3 is 5.97 Å². The zero-order chi connectivity index (χ0) is 19.3. The molecule has 0 spiro atoms. The molecule has 1 amide bonds. The Morgan fingerprint density at radius 1 is 1.31 bits per heavy atom. The van der Waals surface area contributed by atoms with E-state index >= 15 is 0 Å².